The zero-order valence-corrected chi connectivity index (χ0v) is 11.3. The third-order valence-electron chi connectivity index (χ3n) is 2.18. The van der Waals surface area contributed by atoms with Crippen molar-refractivity contribution in [1.29, 1.82) is 0 Å². The summed E-state index contributed by atoms with van der Waals surface area (Å²) in [6.07, 6.45) is 2.22. The molecular formula is C10H11BrN4OS. The molecule has 4 N–H and O–H groups in total. The standard InChI is InChI=1S/C10H11BrN4OS/c11-8-2-1-6(17-8)3-4-13-10(16)9-7(12)5-14-15-9/h1-2,5H,3-4,12H2,(H,13,16)(H,14,15). The van der Waals surface area contributed by atoms with E-state index >= 15 is 0 Å². The van der Waals surface area contributed by atoms with Crippen molar-refractivity contribution in [3.63, 3.8) is 0 Å². The molecule has 0 aliphatic carbocycles. The Hall–Kier alpha value is -1.34. The SMILES string of the molecule is Nc1cn[nH]c1C(=O)NCCc1ccc(Br)s1. The van der Waals surface area contributed by atoms with Crippen molar-refractivity contribution in [3.8, 4) is 0 Å². The number of nitrogens with zero attached hydrogens (tertiary/aromatic N) is 1. The lowest BCUT2D eigenvalue weighted by Gasteiger charge is -2.02. The third kappa shape index (κ3) is 3.07. The van der Waals surface area contributed by atoms with Crippen LogP contribution < -0.4 is 11.1 Å². The maximum absolute atomic E-state index is 11.7. The molecule has 2 aromatic heterocycles. The van der Waals surface area contributed by atoms with Crippen LogP contribution in [0.2, 0.25) is 0 Å². The maximum atomic E-state index is 11.7. The van der Waals surface area contributed by atoms with E-state index < -0.39 is 0 Å². The van der Waals surface area contributed by atoms with E-state index in [-0.39, 0.29) is 5.91 Å². The Bertz CT molecular complexity index is 522. The Morgan fingerprint density at radius 3 is 3.00 bits per heavy atom. The van der Waals surface area contributed by atoms with Crippen molar-refractivity contribution in [2.45, 2.75) is 6.42 Å². The molecule has 0 saturated heterocycles. The van der Waals surface area contributed by atoms with Crippen LogP contribution in [0.5, 0.6) is 0 Å². The molecular weight excluding hydrogens is 304 g/mol. The van der Waals surface area contributed by atoms with Crippen LogP contribution in [0.25, 0.3) is 0 Å². The number of H-pyrrole nitrogens is 1. The smallest absolute Gasteiger partial charge is 0.271 e. The van der Waals surface area contributed by atoms with Crippen molar-refractivity contribution in [1.82, 2.24) is 15.5 Å². The molecule has 0 aliphatic heterocycles. The second kappa shape index (κ2) is 5.33. The van der Waals surface area contributed by atoms with Crippen LogP contribution in [0, 0.1) is 0 Å². The quantitative estimate of drug-likeness (QED) is 0.804. The Morgan fingerprint density at radius 1 is 1.59 bits per heavy atom. The Kier molecular flexibility index (Phi) is 3.80. The van der Waals surface area contributed by atoms with Crippen LogP contribution in [-0.2, 0) is 6.42 Å². The summed E-state index contributed by atoms with van der Waals surface area (Å²) in [6.45, 7) is 0.574. The molecule has 0 fully saturated rings. The average Bonchev–Trinajstić information content (AvgIpc) is 2.87. The van der Waals surface area contributed by atoms with Crippen LogP contribution in [0.1, 0.15) is 15.4 Å². The van der Waals surface area contributed by atoms with Gasteiger partial charge >= 0.3 is 0 Å². The number of nitrogen functional groups attached to an aromatic ring is 1. The molecule has 90 valence electrons. The number of aromatic amines is 1. The van der Waals surface area contributed by atoms with Gasteiger partial charge in [-0.2, -0.15) is 5.10 Å². The van der Waals surface area contributed by atoms with Crippen LogP contribution >= 0.6 is 27.3 Å². The zero-order chi connectivity index (χ0) is 12.3. The minimum absolute atomic E-state index is 0.226. The summed E-state index contributed by atoms with van der Waals surface area (Å²) >= 11 is 5.06. The highest BCUT2D eigenvalue weighted by Crippen LogP contribution is 2.22. The Labute approximate surface area is 111 Å². The molecule has 0 radical (unpaired) electrons. The number of halogens is 1. The molecule has 0 aliphatic rings. The normalized spacial score (nSPS) is 10.4. The first-order valence-electron chi connectivity index (χ1n) is 4.98. The predicted octanol–water partition coefficient (Wildman–Crippen LogP) is 1.79. The highest BCUT2D eigenvalue weighted by molar-refractivity contribution is 9.11. The number of nitrogens with two attached hydrogens (primary N) is 1. The van der Waals surface area contributed by atoms with Gasteiger partial charge < -0.3 is 11.1 Å². The molecule has 5 nitrogen and oxygen atoms in total. The summed E-state index contributed by atoms with van der Waals surface area (Å²) in [5.74, 6) is -0.226. The monoisotopic (exact) mass is 314 g/mol. The number of amides is 1. The fraction of sp³-hybridized carbons (Fsp3) is 0.200. The Morgan fingerprint density at radius 2 is 2.41 bits per heavy atom. The predicted molar refractivity (Wildman–Crippen MR) is 71.1 cm³/mol. The van der Waals surface area contributed by atoms with E-state index in [1.54, 1.807) is 11.3 Å². The van der Waals surface area contributed by atoms with Gasteiger partial charge in [-0.3, -0.25) is 9.89 Å². The first-order valence-corrected chi connectivity index (χ1v) is 6.59. The third-order valence-corrected chi connectivity index (χ3v) is 3.86. The second-order valence-electron chi connectivity index (χ2n) is 3.41. The van der Waals surface area contributed by atoms with Gasteiger partial charge in [0.2, 0.25) is 0 Å². The summed E-state index contributed by atoms with van der Waals surface area (Å²) in [5, 5.41) is 9.05. The molecule has 0 spiro atoms. The Balaban J connectivity index is 1.83. The number of anilines is 1. The van der Waals surface area contributed by atoms with Gasteiger partial charge in [0.1, 0.15) is 5.69 Å². The van der Waals surface area contributed by atoms with Crippen LogP contribution in [0.4, 0.5) is 5.69 Å². The molecule has 2 heterocycles. The largest absolute Gasteiger partial charge is 0.396 e. The van der Waals surface area contributed by atoms with Crippen molar-refractivity contribution >= 4 is 38.9 Å². The molecule has 0 unspecified atom stereocenters. The summed E-state index contributed by atoms with van der Waals surface area (Å²) < 4.78 is 1.09. The summed E-state index contributed by atoms with van der Waals surface area (Å²) in [7, 11) is 0. The van der Waals surface area contributed by atoms with E-state index in [1.165, 1.54) is 11.1 Å². The highest BCUT2D eigenvalue weighted by atomic mass is 79.9. The van der Waals surface area contributed by atoms with Crippen molar-refractivity contribution in [3.05, 3.63) is 32.7 Å². The minimum Gasteiger partial charge on any atom is -0.396 e. The van der Waals surface area contributed by atoms with Gasteiger partial charge in [-0.1, -0.05) is 0 Å². The fourth-order valence-corrected chi connectivity index (χ4v) is 2.83. The van der Waals surface area contributed by atoms with Crippen LogP contribution in [0.15, 0.2) is 22.1 Å². The van der Waals surface area contributed by atoms with Crippen LogP contribution in [0.3, 0.4) is 0 Å². The number of carbonyl (C=O) groups excluding carboxylic acids is 1. The second-order valence-corrected chi connectivity index (χ2v) is 5.96. The molecule has 0 aromatic carbocycles. The van der Waals surface area contributed by atoms with Gasteiger partial charge in [0.05, 0.1) is 15.7 Å². The number of nitrogens with one attached hydrogen (secondary N) is 2. The summed E-state index contributed by atoms with van der Waals surface area (Å²) in [5.41, 5.74) is 6.25. The summed E-state index contributed by atoms with van der Waals surface area (Å²) in [4.78, 5) is 12.9. The van der Waals surface area contributed by atoms with E-state index in [1.807, 2.05) is 12.1 Å². The zero-order valence-electron chi connectivity index (χ0n) is 8.87. The molecule has 7 heteroatoms. The van der Waals surface area contributed by atoms with Gasteiger partial charge in [-0.05, 0) is 34.5 Å². The lowest BCUT2D eigenvalue weighted by atomic mass is 10.3. The topological polar surface area (TPSA) is 83.8 Å². The molecule has 0 atom stereocenters. The van der Waals surface area contributed by atoms with E-state index in [0.29, 0.717) is 17.9 Å². The van der Waals surface area contributed by atoms with Gasteiger partial charge in [0.15, 0.2) is 0 Å². The number of rotatable bonds is 4. The molecule has 0 saturated carbocycles. The van der Waals surface area contributed by atoms with Crippen molar-refractivity contribution < 1.29 is 4.79 Å². The van der Waals surface area contributed by atoms with E-state index in [2.05, 4.69) is 31.4 Å². The first-order chi connectivity index (χ1) is 8.16. The first kappa shape index (κ1) is 12.1. The number of hydrogen-bond donors (Lipinski definition) is 3. The fourth-order valence-electron chi connectivity index (χ4n) is 1.35. The number of hydrogen-bond acceptors (Lipinski definition) is 4. The lowest BCUT2D eigenvalue weighted by molar-refractivity contribution is 0.0950. The van der Waals surface area contributed by atoms with Gasteiger partial charge in [0.25, 0.3) is 5.91 Å². The highest BCUT2D eigenvalue weighted by Gasteiger charge is 2.10. The molecule has 2 aromatic rings. The average molecular weight is 315 g/mol. The van der Waals surface area contributed by atoms with Gasteiger partial charge in [-0.25, -0.2) is 0 Å². The number of aromatic nitrogens is 2. The number of carbonyl (C=O) groups is 1. The molecule has 0 bridgehead atoms. The van der Waals surface area contributed by atoms with Crippen LogP contribution in [-0.4, -0.2) is 22.6 Å². The molecule has 1 amide bonds. The van der Waals surface area contributed by atoms with Crippen molar-refractivity contribution in [2.24, 2.45) is 0 Å². The van der Waals surface area contributed by atoms with E-state index in [0.717, 1.165) is 10.2 Å². The molecule has 17 heavy (non-hydrogen) atoms. The van der Waals surface area contributed by atoms with Gasteiger partial charge in [0, 0.05) is 11.4 Å². The number of thiophene rings is 1. The molecule has 2 rings (SSSR count). The van der Waals surface area contributed by atoms with E-state index in [4.69, 9.17) is 5.73 Å². The van der Waals surface area contributed by atoms with Gasteiger partial charge in [-0.15, -0.1) is 11.3 Å². The van der Waals surface area contributed by atoms with Crippen molar-refractivity contribution in [2.75, 3.05) is 12.3 Å². The minimum atomic E-state index is -0.226. The van der Waals surface area contributed by atoms with E-state index in [9.17, 15) is 4.79 Å². The maximum Gasteiger partial charge on any atom is 0.271 e. The lowest BCUT2D eigenvalue weighted by Crippen LogP contribution is -2.26. The summed E-state index contributed by atoms with van der Waals surface area (Å²) in [6, 6.07) is 4.03.